The molecule has 0 aromatic rings. The van der Waals surface area contributed by atoms with Crippen molar-refractivity contribution in [2.75, 3.05) is 25.4 Å². The minimum atomic E-state index is -3.00. The summed E-state index contributed by atoms with van der Waals surface area (Å²) in [6.07, 6.45) is 0.878. The smallest absolute Gasteiger partial charge is 0.213 e. The van der Waals surface area contributed by atoms with Gasteiger partial charge in [-0.2, -0.15) is 0 Å². The maximum absolute atomic E-state index is 11.5. The van der Waals surface area contributed by atoms with Crippen molar-refractivity contribution in [2.45, 2.75) is 20.3 Å². The Hall–Kier alpha value is 0.160. The average Bonchev–Trinajstić information content (AvgIpc) is 2.50. The second kappa shape index (κ2) is 4.79. The van der Waals surface area contributed by atoms with Crippen molar-refractivity contribution in [3.8, 4) is 0 Å². The number of nitrogens with two attached hydrogens (primary N) is 1. The molecule has 0 amide bonds. The Kier molecular flexibility index (Phi) is 4.84. The highest BCUT2D eigenvalue weighted by Gasteiger charge is 2.37. The number of nitrogens with zero attached hydrogens (tertiary/aromatic N) is 1. The normalized spacial score (nSPS) is 28.8. The van der Waals surface area contributed by atoms with Crippen molar-refractivity contribution in [3.05, 3.63) is 0 Å². The number of hydrogen-bond donors (Lipinski definition) is 1. The van der Waals surface area contributed by atoms with Crippen molar-refractivity contribution in [1.29, 1.82) is 0 Å². The Balaban J connectivity index is 0.00000169. The van der Waals surface area contributed by atoms with E-state index in [4.69, 9.17) is 5.73 Å². The summed E-state index contributed by atoms with van der Waals surface area (Å²) in [7, 11) is -3.00. The molecule has 1 unspecified atom stereocenters. The minimum Gasteiger partial charge on any atom is -0.330 e. The first-order valence-corrected chi connectivity index (χ1v) is 6.22. The Labute approximate surface area is 92.3 Å². The molecule has 1 rings (SSSR count). The zero-order chi connectivity index (χ0) is 10.1. The van der Waals surface area contributed by atoms with Crippen LogP contribution in [0.15, 0.2) is 0 Å². The molecule has 14 heavy (non-hydrogen) atoms. The van der Waals surface area contributed by atoms with Gasteiger partial charge >= 0.3 is 0 Å². The SMILES string of the molecule is CCS(=O)(=O)N1CCC(C)(CN)C1.Cl. The molecule has 1 saturated heterocycles. The molecule has 1 heterocycles. The average molecular weight is 243 g/mol. The largest absolute Gasteiger partial charge is 0.330 e. The molecule has 6 heteroatoms. The summed E-state index contributed by atoms with van der Waals surface area (Å²) in [5, 5.41) is 0. The van der Waals surface area contributed by atoms with Crippen LogP contribution in [0.2, 0.25) is 0 Å². The molecule has 0 aliphatic carbocycles. The quantitative estimate of drug-likeness (QED) is 0.781. The summed E-state index contributed by atoms with van der Waals surface area (Å²) in [5.74, 6) is 0.188. The molecule has 0 radical (unpaired) electrons. The highest BCUT2D eigenvalue weighted by atomic mass is 35.5. The van der Waals surface area contributed by atoms with E-state index in [-0.39, 0.29) is 23.6 Å². The third-order valence-corrected chi connectivity index (χ3v) is 4.60. The Morgan fingerprint density at radius 3 is 2.43 bits per heavy atom. The standard InChI is InChI=1S/C8H18N2O2S.ClH/c1-3-13(11,12)10-5-4-8(2,6-9)7-10;/h3-7,9H2,1-2H3;1H. The van der Waals surface area contributed by atoms with Gasteiger partial charge in [0.25, 0.3) is 0 Å². The summed E-state index contributed by atoms with van der Waals surface area (Å²) in [6, 6.07) is 0. The second-order valence-corrected chi connectivity index (χ2v) is 6.26. The number of rotatable bonds is 3. The van der Waals surface area contributed by atoms with E-state index in [0.29, 0.717) is 19.6 Å². The zero-order valence-electron chi connectivity index (χ0n) is 8.69. The Morgan fingerprint density at radius 1 is 1.50 bits per heavy atom. The first kappa shape index (κ1) is 14.2. The number of halogens is 1. The van der Waals surface area contributed by atoms with Crippen molar-refractivity contribution in [1.82, 2.24) is 4.31 Å². The van der Waals surface area contributed by atoms with E-state index in [1.165, 1.54) is 0 Å². The van der Waals surface area contributed by atoms with Crippen LogP contribution in [0.1, 0.15) is 20.3 Å². The summed E-state index contributed by atoms with van der Waals surface area (Å²) in [4.78, 5) is 0. The maximum Gasteiger partial charge on any atom is 0.213 e. The molecular weight excluding hydrogens is 224 g/mol. The van der Waals surface area contributed by atoms with Crippen molar-refractivity contribution in [3.63, 3.8) is 0 Å². The molecule has 1 atom stereocenters. The van der Waals surface area contributed by atoms with Gasteiger partial charge in [-0.3, -0.25) is 0 Å². The van der Waals surface area contributed by atoms with E-state index in [9.17, 15) is 8.42 Å². The molecule has 1 aliphatic heterocycles. The van der Waals surface area contributed by atoms with Gasteiger partial charge < -0.3 is 5.73 Å². The molecular formula is C8H19ClN2O2S. The molecule has 1 aliphatic rings. The lowest BCUT2D eigenvalue weighted by atomic mass is 9.90. The first-order chi connectivity index (χ1) is 5.93. The second-order valence-electron chi connectivity index (χ2n) is 4.00. The van der Waals surface area contributed by atoms with E-state index < -0.39 is 10.0 Å². The lowest BCUT2D eigenvalue weighted by Gasteiger charge is -2.21. The van der Waals surface area contributed by atoms with Crippen LogP contribution in [0.5, 0.6) is 0 Å². The van der Waals surface area contributed by atoms with Gasteiger partial charge in [0.05, 0.1) is 5.75 Å². The van der Waals surface area contributed by atoms with Crippen LogP contribution in [0, 0.1) is 5.41 Å². The van der Waals surface area contributed by atoms with Gasteiger partial charge in [-0.05, 0) is 25.3 Å². The fourth-order valence-corrected chi connectivity index (χ4v) is 2.81. The topological polar surface area (TPSA) is 63.4 Å². The van der Waals surface area contributed by atoms with Crippen LogP contribution in [0.25, 0.3) is 0 Å². The zero-order valence-corrected chi connectivity index (χ0v) is 10.3. The van der Waals surface area contributed by atoms with E-state index in [0.717, 1.165) is 6.42 Å². The molecule has 0 aromatic heterocycles. The third-order valence-electron chi connectivity index (χ3n) is 2.77. The predicted octanol–water partition coefficient (Wildman–Crippen LogP) is 0.429. The predicted molar refractivity (Wildman–Crippen MR) is 60.1 cm³/mol. The first-order valence-electron chi connectivity index (χ1n) is 4.61. The van der Waals surface area contributed by atoms with Gasteiger partial charge in [0.1, 0.15) is 0 Å². The van der Waals surface area contributed by atoms with Crippen LogP contribution in [-0.2, 0) is 10.0 Å². The van der Waals surface area contributed by atoms with Crippen molar-refractivity contribution >= 4 is 22.4 Å². The van der Waals surface area contributed by atoms with Gasteiger partial charge in [-0.1, -0.05) is 6.92 Å². The molecule has 4 nitrogen and oxygen atoms in total. The van der Waals surface area contributed by atoms with Gasteiger partial charge in [-0.25, -0.2) is 12.7 Å². The molecule has 0 spiro atoms. The summed E-state index contributed by atoms with van der Waals surface area (Å²) >= 11 is 0. The van der Waals surface area contributed by atoms with E-state index in [2.05, 4.69) is 0 Å². The summed E-state index contributed by atoms with van der Waals surface area (Å²) < 4.78 is 24.5. The number of hydrogen-bond acceptors (Lipinski definition) is 3. The molecule has 2 N–H and O–H groups in total. The van der Waals surface area contributed by atoms with Crippen LogP contribution >= 0.6 is 12.4 Å². The molecule has 0 aromatic carbocycles. The van der Waals surface area contributed by atoms with Gasteiger partial charge in [0.15, 0.2) is 0 Å². The fourth-order valence-electron chi connectivity index (χ4n) is 1.57. The van der Waals surface area contributed by atoms with Gasteiger partial charge in [0.2, 0.25) is 10.0 Å². The van der Waals surface area contributed by atoms with Crippen LogP contribution in [0.4, 0.5) is 0 Å². The maximum atomic E-state index is 11.5. The Morgan fingerprint density at radius 2 is 2.07 bits per heavy atom. The van der Waals surface area contributed by atoms with E-state index in [1.54, 1.807) is 11.2 Å². The van der Waals surface area contributed by atoms with Gasteiger partial charge in [-0.15, -0.1) is 12.4 Å². The summed E-state index contributed by atoms with van der Waals surface area (Å²) in [6.45, 7) is 5.48. The fraction of sp³-hybridized carbons (Fsp3) is 1.00. The van der Waals surface area contributed by atoms with Crippen LogP contribution in [0.3, 0.4) is 0 Å². The highest BCUT2D eigenvalue weighted by Crippen LogP contribution is 2.30. The van der Waals surface area contributed by atoms with Crippen molar-refractivity contribution in [2.24, 2.45) is 11.1 Å². The molecule has 86 valence electrons. The highest BCUT2D eigenvalue weighted by molar-refractivity contribution is 7.89. The molecule has 1 fully saturated rings. The lowest BCUT2D eigenvalue weighted by Crippen LogP contribution is -2.35. The minimum absolute atomic E-state index is 0. The van der Waals surface area contributed by atoms with Crippen LogP contribution < -0.4 is 5.73 Å². The third kappa shape index (κ3) is 2.82. The lowest BCUT2D eigenvalue weighted by molar-refractivity contribution is 0.350. The monoisotopic (exact) mass is 242 g/mol. The van der Waals surface area contributed by atoms with Crippen molar-refractivity contribution < 1.29 is 8.42 Å². The molecule has 0 bridgehead atoms. The van der Waals surface area contributed by atoms with E-state index >= 15 is 0 Å². The van der Waals surface area contributed by atoms with Crippen LogP contribution in [-0.4, -0.2) is 38.1 Å². The Bertz CT molecular complexity index is 281. The molecule has 0 saturated carbocycles. The van der Waals surface area contributed by atoms with E-state index in [1.807, 2.05) is 6.92 Å². The summed E-state index contributed by atoms with van der Waals surface area (Å²) in [5.41, 5.74) is 5.58. The van der Waals surface area contributed by atoms with Gasteiger partial charge in [0, 0.05) is 13.1 Å². The number of sulfonamides is 1.